The van der Waals surface area contributed by atoms with E-state index in [-0.39, 0.29) is 18.3 Å². The molecule has 0 unspecified atom stereocenters. The van der Waals surface area contributed by atoms with Crippen LogP contribution in [0.15, 0.2) is 24.5 Å². The first-order valence-electron chi connectivity index (χ1n) is 7.53. The highest BCUT2D eigenvalue weighted by molar-refractivity contribution is 5.98. The number of carbonyl (C=O) groups is 1. The zero-order valence-corrected chi connectivity index (χ0v) is 13.8. The lowest BCUT2D eigenvalue weighted by molar-refractivity contribution is -0.122. The molecule has 1 saturated carbocycles. The van der Waals surface area contributed by atoms with Crippen LogP contribution < -0.4 is 11.1 Å². The normalized spacial score (nSPS) is 16.4. The number of benzene rings is 1. The summed E-state index contributed by atoms with van der Waals surface area (Å²) in [4.78, 5) is 12.5. The van der Waals surface area contributed by atoms with E-state index in [0.29, 0.717) is 5.69 Å². The minimum Gasteiger partial charge on any atom is -0.324 e. The molecule has 1 aromatic heterocycles. The van der Waals surface area contributed by atoms with Gasteiger partial charge in [-0.3, -0.25) is 4.79 Å². The van der Waals surface area contributed by atoms with Gasteiger partial charge in [0.15, 0.2) is 0 Å². The fourth-order valence-corrected chi connectivity index (χ4v) is 2.87. The van der Waals surface area contributed by atoms with Crippen LogP contribution >= 0.6 is 12.4 Å². The molecule has 1 amide bonds. The van der Waals surface area contributed by atoms with Crippen LogP contribution in [0.1, 0.15) is 37.7 Å². The third kappa shape index (κ3) is 3.68. The number of carbonyl (C=O) groups excluding carboxylic acids is 1. The molecule has 2 aromatic rings. The van der Waals surface area contributed by atoms with Gasteiger partial charge in [0.05, 0.1) is 11.2 Å². The van der Waals surface area contributed by atoms with Gasteiger partial charge in [0.1, 0.15) is 6.33 Å². The Morgan fingerprint density at radius 1 is 1.30 bits per heavy atom. The number of hydrogen-bond acceptors (Lipinski definition) is 5. The number of rotatable bonds is 3. The van der Waals surface area contributed by atoms with Gasteiger partial charge in [-0.1, -0.05) is 25.3 Å². The number of nitrogens with two attached hydrogens (primary N) is 1. The van der Waals surface area contributed by atoms with E-state index in [0.717, 1.165) is 43.4 Å². The maximum atomic E-state index is 12.5. The van der Waals surface area contributed by atoms with Crippen LogP contribution in [0, 0.1) is 6.92 Å². The lowest BCUT2D eigenvalue weighted by atomic mass is 9.82. The number of halogens is 1. The topological polar surface area (TPSA) is 98.7 Å². The summed E-state index contributed by atoms with van der Waals surface area (Å²) in [6.07, 6.45) is 6.18. The first kappa shape index (κ1) is 17.4. The number of hydrogen-bond donors (Lipinski definition) is 2. The molecule has 0 atom stereocenters. The molecule has 1 fully saturated rings. The molecule has 1 aromatic carbocycles. The molecule has 0 aliphatic heterocycles. The molecule has 1 aliphatic rings. The summed E-state index contributed by atoms with van der Waals surface area (Å²) in [6, 6.07) is 5.65. The fourth-order valence-electron chi connectivity index (χ4n) is 2.87. The van der Waals surface area contributed by atoms with Crippen molar-refractivity contribution in [1.82, 2.24) is 20.2 Å². The smallest absolute Gasteiger partial charge is 0.244 e. The van der Waals surface area contributed by atoms with Crippen LogP contribution in [0.5, 0.6) is 0 Å². The summed E-state index contributed by atoms with van der Waals surface area (Å²) in [5.41, 5.74) is 8.07. The minimum atomic E-state index is -0.752. The second kappa shape index (κ2) is 7.06. The second-order valence-corrected chi connectivity index (χ2v) is 5.93. The number of nitrogens with zero attached hydrogens (tertiary/aromatic N) is 4. The van der Waals surface area contributed by atoms with E-state index < -0.39 is 5.54 Å². The molecule has 7 nitrogen and oxygen atoms in total. The first-order chi connectivity index (χ1) is 10.6. The standard InChI is InChI=1S/C15H20N6O.ClH/c1-11-5-6-12(9-13(11)21-10-17-19-20-21)18-14(22)15(16)7-3-2-4-8-15;/h5-6,9-10H,2-4,7-8,16H2,1H3,(H,18,22);1H. The molecule has 3 rings (SSSR count). The second-order valence-electron chi connectivity index (χ2n) is 5.93. The Kier molecular flexibility index (Phi) is 5.33. The Balaban J connectivity index is 0.00000192. The van der Waals surface area contributed by atoms with Crippen LogP contribution in [0.2, 0.25) is 0 Å². The Morgan fingerprint density at radius 3 is 2.70 bits per heavy atom. The molecule has 0 radical (unpaired) electrons. The highest BCUT2D eigenvalue weighted by atomic mass is 35.5. The van der Waals surface area contributed by atoms with Gasteiger partial charge >= 0.3 is 0 Å². The predicted molar refractivity (Wildman–Crippen MR) is 89.8 cm³/mol. The van der Waals surface area contributed by atoms with Crippen LogP contribution in [-0.2, 0) is 4.79 Å². The van der Waals surface area contributed by atoms with Crippen molar-refractivity contribution in [2.45, 2.75) is 44.6 Å². The summed E-state index contributed by atoms with van der Waals surface area (Å²) in [6.45, 7) is 1.97. The average molecular weight is 337 g/mol. The molecule has 23 heavy (non-hydrogen) atoms. The zero-order valence-electron chi connectivity index (χ0n) is 13.0. The maximum absolute atomic E-state index is 12.5. The van der Waals surface area contributed by atoms with E-state index in [1.54, 1.807) is 4.68 Å². The average Bonchev–Trinajstić information content (AvgIpc) is 3.04. The van der Waals surface area contributed by atoms with Crippen molar-refractivity contribution in [2.24, 2.45) is 5.73 Å². The molecule has 0 bridgehead atoms. The number of anilines is 1. The van der Waals surface area contributed by atoms with Crippen LogP contribution in [0.3, 0.4) is 0 Å². The first-order valence-corrected chi connectivity index (χ1v) is 7.53. The Hall–Kier alpha value is -1.99. The van der Waals surface area contributed by atoms with Crippen molar-refractivity contribution in [1.29, 1.82) is 0 Å². The fraction of sp³-hybridized carbons (Fsp3) is 0.467. The van der Waals surface area contributed by atoms with Crippen molar-refractivity contribution < 1.29 is 4.79 Å². The highest BCUT2D eigenvalue weighted by Crippen LogP contribution is 2.27. The molecule has 1 heterocycles. The number of amides is 1. The van der Waals surface area contributed by atoms with Crippen molar-refractivity contribution in [3.63, 3.8) is 0 Å². The molecular weight excluding hydrogens is 316 g/mol. The van der Waals surface area contributed by atoms with Gasteiger partial charge in [0.25, 0.3) is 0 Å². The van der Waals surface area contributed by atoms with Crippen LogP contribution in [-0.4, -0.2) is 31.7 Å². The molecule has 124 valence electrons. The summed E-state index contributed by atoms with van der Waals surface area (Å²) in [5, 5.41) is 14.1. The Bertz CT molecular complexity index is 667. The van der Waals surface area contributed by atoms with E-state index >= 15 is 0 Å². The summed E-state index contributed by atoms with van der Waals surface area (Å²) < 4.78 is 1.57. The third-order valence-corrected chi connectivity index (χ3v) is 4.26. The van der Waals surface area contributed by atoms with Gasteiger partial charge in [0, 0.05) is 5.69 Å². The Labute approximate surface area is 141 Å². The van der Waals surface area contributed by atoms with Crippen LogP contribution in [0.4, 0.5) is 5.69 Å². The molecule has 8 heteroatoms. The molecule has 0 saturated heterocycles. The van der Waals surface area contributed by atoms with Gasteiger partial charge in [-0.2, -0.15) is 0 Å². The van der Waals surface area contributed by atoms with Crippen molar-refractivity contribution in [3.8, 4) is 5.69 Å². The quantitative estimate of drug-likeness (QED) is 0.893. The van der Waals surface area contributed by atoms with Gasteiger partial charge in [-0.25, -0.2) is 4.68 Å². The number of tetrazole rings is 1. The summed E-state index contributed by atoms with van der Waals surface area (Å²) in [7, 11) is 0. The van der Waals surface area contributed by atoms with Crippen molar-refractivity contribution in [3.05, 3.63) is 30.1 Å². The highest BCUT2D eigenvalue weighted by Gasteiger charge is 2.35. The number of aryl methyl sites for hydroxylation is 1. The minimum absolute atomic E-state index is 0. The lowest BCUT2D eigenvalue weighted by Gasteiger charge is -2.31. The largest absolute Gasteiger partial charge is 0.324 e. The van der Waals surface area contributed by atoms with Gasteiger partial charge in [-0.05, 0) is 47.9 Å². The number of aromatic nitrogens is 4. The monoisotopic (exact) mass is 336 g/mol. The van der Waals surface area contributed by atoms with Crippen molar-refractivity contribution in [2.75, 3.05) is 5.32 Å². The van der Waals surface area contributed by atoms with E-state index in [1.165, 1.54) is 6.33 Å². The van der Waals surface area contributed by atoms with Crippen molar-refractivity contribution >= 4 is 24.0 Å². The van der Waals surface area contributed by atoms with E-state index in [2.05, 4.69) is 20.8 Å². The summed E-state index contributed by atoms with van der Waals surface area (Å²) in [5.74, 6) is -0.112. The van der Waals surface area contributed by atoms with Gasteiger partial charge in [0.2, 0.25) is 5.91 Å². The van der Waals surface area contributed by atoms with Gasteiger partial charge < -0.3 is 11.1 Å². The molecule has 3 N–H and O–H groups in total. The van der Waals surface area contributed by atoms with Gasteiger partial charge in [-0.15, -0.1) is 17.5 Å². The third-order valence-electron chi connectivity index (χ3n) is 4.26. The van der Waals surface area contributed by atoms with E-state index in [4.69, 9.17) is 5.73 Å². The SMILES string of the molecule is Cc1ccc(NC(=O)C2(N)CCCCC2)cc1-n1cnnn1.Cl. The summed E-state index contributed by atoms with van der Waals surface area (Å²) >= 11 is 0. The van der Waals surface area contributed by atoms with E-state index in [1.807, 2.05) is 25.1 Å². The lowest BCUT2D eigenvalue weighted by Crippen LogP contribution is -2.52. The zero-order chi connectivity index (χ0) is 15.6. The molecule has 0 spiro atoms. The van der Waals surface area contributed by atoms with E-state index in [9.17, 15) is 4.79 Å². The molecule has 1 aliphatic carbocycles. The number of nitrogens with one attached hydrogen (secondary N) is 1. The van der Waals surface area contributed by atoms with Crippen LogP contribution in [0.25, 0.3) is 5.69 Å². The Morgan fingerprint density at radius 2 is 2.04 bits per heavy atom. The maximum Gasteiger partial charge on any atom is 0.244 e. The predicted octanol–water partition coefficient (Wildman–Crippen LogP) is 1.99. The molecular formula is C15H21ClN6O.